The molecule has 116 valence electrons. The summed E-state index contributed by atoms with van der Waals surface area (Å²) < 4.78 is 18.9. The average molecular weight is 295 g/mol. The zero-order chi connectivity index (χ0) is 15.2. The highest BCUT2D eigenvalue weighted by Crippen LogP contribution is 2.28. The molecule has 0 aliphatic heterocycles. The Balaban J connectivity index is 1.77. The SMILES string of the molecule is COc1cccc(CNCC2CCC(C(=O)O)CC2)c1F. The maximum Gasteiger partial charge on any atom is 0.306 e. The van der Waals surface area contributed by atoms with E-state index in [2.05, 4.69) is 5.32 Å². The maximum atomic E-state index is 13.9. The van der Waals surface area contributed by atoms with Gasteiger partial charge >= 0.3 is 5.97 Å². The number of methoxy groups -OCH3 is 1. The average Bonchev–Trinajstić information content (AvgIpc) is 2.49. The van der Waals surface area contributed by atoms with Gasteiger partial charge in [0.15, 0.2) is 11.6 Å². The van der Waals surface area contributed by atoms with Crippen LogP contribution in [0.3, 0.4) is 0 Å². The topological polar surface area (TPSA) is 58.6 Å². The third-order valence-corrected chi connectivity index (χ3v) is 4.21. The third-order valence-electron chi connectivity index (χ3n) is 4.21. The van der Waals surface area contributed by atoms with E-state index >= 15 is 0 Å². The van der Waals surface area contributed by atoms with Crippen LogP contribution in [0, 0.1) is 17.7 Å². The molecule has 1 saturated carbocycles. The summed E-state index contributed by atoms with van der Waals surface area (Å²) >= 11 is 0. The van der Waals surface area contributed by atoms with E-state index in [0.717, 1.165) is 32.2 Å². The lowest BCUT2D eigenvalue weighted by atomic mass is 9.82. The number of halogens is 1. The second kappa shape index (κ2) is 7.41. The van der Waals surface area contributed by atoms with Crippen molar-refractivity contribution >= 4 is 5.97 Å². The van der Waals surface area contributed by atoms with Crippen molar-refractivity contribution in [2.45, 2.75) is 32.2 Å². The molecule has 2 rings (SSSR count). The first kappa shape index (κ1) is 15.8. The molecule has 21 heavy (non-hydrogen) atoms. The Kier molecular flexibility index (Phi) is 5.56. The van der Waals surface area contributed by atoms with Crippen molar-refractivity contribution in [3.63, 3.8) is 0 Å². The van der Waals surface area contributed by atoms with Crippen LogP contribution < -0.4 is 10.1 Å². The second-order valence-electron chi connectivity index (χ2n) is 5.62. The van der Waals surface area contributed by atoms with E-state index in [4.69, 9.17) is 9.84 Å². The Morgan fingerprint density at radius 3 is 2.71 bits per heavy atom. The van der Waals surface area contributed by atoms with Gasteiger partial charge in [0, 0.05) is 12.1 Å². The van der Waals surface area contributed by atoms with Crippen LogP contribution in [0.4, 0.5) is 4.39 Å². The number of aliphatic carboxylic acids is 1. The van der Waals surface area contributed by atoms with Crippen molar-refractivity contribution in [1.29, 1.82) is 0 Å². The zero-order valence-corrected chi connectivity index (χ0v) is 12.3. The number of carboxylic acids is 1. The first-order chi connectivity index (χ1) is 10.1. The molecule has 1 aromatic rings. The van der Waals surface area contributed by atoms with Crippen molar-refractivity contribution in [3.05, 3.63) is 29.6 Å². The van der Waals surface area contributed by atoms with Gasteiger partial charge in [0.1, 0.15) is 0 Å². The van der Waals surface area contributed by atoms with Gasteiger partial charge < -0.3 is 15.2 Å². The van der Waals surface area contributed by atoms with Gasteiger partial charge in [-0.2, -0.15) is 0 Å². The molecule has 1 aromatic carbocycles. The van der Waals surface area contributed by atoms with Crippen LogP contribution in [0.25, 0.3) is 0 Å². The fourth-order valence-corrected chi connectivity index (χ4v) is 2.87. The van der Waals surface area contributed by atoms with Gasteiger partial charge in [0.25, 0.3) is 0 Å². The number of ether oxygens (including phenoxy) is 1. The van der Waals surface area contributed by atoms with Crippen LogP contribution in [0.2, 0.25) is 0 Å². The molecular weight excluding hydrogens is 273 g/mol. The Morgan fingerprint density at radius 1 is 1.38 bits per heavy atom. The van der Waals surface area contributed by atoms with Gasteiger partial charge in [-0.25, -0.2) is 4.39 Å². The van der Waals surface area contributed by atoms with E-state index in [1.165, 1.54) is 7.11 Å². The van der Waals surface area contributed by atoms with E-state index in [1.54, 1.807) is 18.2 Å². The number of nitrogens with one attached hydrogen (secondary N) is 1. The van der Waals surface area contributed by atoms with E-state index in [1.807, 2.05) is 0 Å². The molecule has 1 aliphatic rings. The number of carbonyl (C=O) groups is 1. The summed E-state index contributed by atoms with van der Waals surface area (Å²) in [5, 5.41) is 12.2. The van der Waals surface area contributed by atoms with Crippen molar-refractivity contribution in [3.8, 4) is 5.75 Å². The zero-order valence-electron chi connectivity index (χ0n) is 12.3. The summed E-state index contributed by atoms with van der Waals surface area (Å²) in [6.45, 7) is 1.25. The highest BCUT2D eigenvalue weighted by molar-refractivity contribution is 5.69. The molecule has 1 fully saturated rings. The molecule has 5 heteroatoms. The fraction of sp³-hybridized carbons (Fsp3) is 0.562. The monoisotopic (exact) mass is 295 g/mol. The number of hydrogen-bond donors (Lipinski definition) is 2. The quantitative estimate of drug-likeness (QED) is 0.847. The maximum absolute atomic E-state index is 13.9. The molecular formula is C16H22FNO3. The first-order valence-corrected chi connectivity index (χ1v) is 7.36. The van der Waals surface area contributed by atoms with Gasteiger partial charge in [-0.05, 0) is 44.2 Å². The van der Waals surface area contributed by atoms with Crippen LogP contribution in [0.15, 0.2) is 18.2 Å². The molecule has 4 nitrogen and oxygen atoms in total. The minimum atomic E-state index is -0.681. The number of benzene rings is 1. The minimum Gasteiger partial charge on any atom is -0.494 e. The Labute approximate surface area is 124 Å². The normalized spacial score (nSPS) is 22.0. The lowest BCUT2D eigenvalue weighted by Crippen LogP contribution is -2.28. The van der Waals surface area contributed by atoms with E-state index in [0.29, 0.717) is 18.0 Å². The van der Waals surface area contributed by atoms with Gasteiger partial charge in [-0.3, -0.25) is 4.79 Å². The lowest BCUT2D eigenvalue weighted by Gasteiger charge is -2.26. The molecule has 0 heterocycles. The molecule has 0 aromatic heterocycles. The molecule has 0 bridgehead atoms. The van der Waals surface area contributed by atoms with Crippen LogP contribution in [-0.2, 0) is 11.3 Å². The molecule has 0 spiro atoms. The van der Waals surface area contributed by atoms with E-state index < -0.39 is 5.97 Å². The number of hydrogen-bond acceptors (Lipinski definition) is 3. The molecule has 0 radical (unpaired) electrons. The highest BCUT2D eigenvalue weighted by Gasteiger charge is 2.25. The Bertz CT molecular complexity index is 484. The summed E-state index contributed by atoms with van der Waals surface area (Å²) in [5.74, 6) is -0.440. The lowest BCUT2D eigenvalue weighted by molar-refractivity contribution is -0.143. The van der Waals surface area contributed by atoms with Gasteiger partial charge in [0.2, 0.25) is 0 Å². The van der Waals surface area contributed by atoms with E-state index in [-0.39, 0.29) is 17.5 Å². The molecule has 1 aliphatic carbocycles. The van der Waals surface area contributed by atoms with Gasteiger partial charge in [0.05, 0.1) is 13.0 Å². The number of rotatable bonds is 6. The molecule has 0 amide bonds. The molecule has 2 N–H and O–H groups in total. The van der Waals surface area contributed by atoms with Crippen LogP contribution in [0.1, 0.15) is 31.2 Å². The van der Waals surface area contributed by atoms with Crippen molar-refractivity contribution in [1.82, 2.24) is 5.32 Å². The largest absolute Gasteiger partial charge is 0.494 e. The van der Waals surface area contributed by atoms with Crippen LogP contribution in [0.5, 0.6) is 5.75 Å². The highest BCUT2D eigenvalue weighted by atomic mass is 19.1. The second-order valence-corrected chi connectivity index (χ2v) is 5.62. The summed E-state index contributed by atoms with van der Waals surface area (Å²) in [7, 11) is 1.45. The molecule has 0 atom stereocenters. The first-order valence-electron chi connectivity index (χ1n) is 7.36. The van der Waals surface area contributed by atoms with Crippen LogP contribution in [-0.4, -0.2) is 24.7 Å². The smallest absolute Gasteiger partial charge is 0.306 e. The molecule has 0 saturated heterocycles. The summed E-state index contributed by atoms with van der Waals surface area (Å²) in [5.41, 5.74) is 0.591. The third kappa shape index (κ3) is 4.17. The van der Waals surface area contributed by atoms with Gasteiger partial charge in [-0.1, -0.05) is 12.1 Å². The summed E-state index contributed by atoms with van der Waals surface area (Å²) in [4.78, 5) is 10.9. The fourth-order valence-electron chi connectivity index (χ4n) is 2.87. The van der Waals surface area contributed by atoms with Crippen LogP contribution >= 0.6 is 0 Å². The predicted octanol–water partition coefficient (Wildman–Crippen LogP) is 2.81. The predicted molar refractivity (Wildman–Crippen MR) is 77.7 cm³/mol. The van der Waals surface area contributed by atoms with Gasteiger partial charge in [-0.15, -0.1) is 0 Å². The Hall–Kier alpha value is -1.62. The standard InChI is InChI=1S/C16H22FNO3/c1-21-14-4-2-3-13(15(14)17)10-18-9-11-5-7-12(8-6-11)16(19)20/h2-4,11-12,18H,5-10H2,1H3,(H,19,20). The summed E-state index contributed by atoms with van der Waals surface area (Å²) in [6.07, 6.45) is 3.33. The minimum absolute atomic E-state index is 0.183. The Morgan fingerprint density at radius 2 is 2.10 bits per heavy atom. The van der Waals surface area contributed by atoms with E-state index in [9.17, 15) is 9.18 Å². The summed E-state index contributed by atoms with van der Waals surface area (Å²) in [6, 6.07) is 5.12. The van der Waals surface area contributed by atoms with Crippen molar-refractivity contribution in [2.24, 2.45) is 11.8 Å². The molecule has 0 unspecified atom stereocenters. The van der Waals surface area contributed by atoms with Crippen molar-refractivity contribution in [2.75, 3.05) is 13.7 Å². The number of carboxylic acid groups (broad SMARTS) is 1. The van der Waals surface area contributed by atoms with Crippen molar-refractivity contribution < 1.29 is 19.0 Å².